The van der Waals surface area contributed by atoms with Gasteiger partial charge in [0.1, 0.15) is 5.01 Å². The highest BCUT2D eigenvalue weighted by molar-refractivity contribution is 7.09. The molecule has 1 N–H and O–H groups in total. The molecule has 2 aromatic rings. The lowest BCUT2D eigenvalue weighted by atomic mass is 10.1. The van der Waals surface area contributed by atoms with Crippen molar-refractivity contribution in [2.24, 2.45) is 5.92 Å². The van der Waals surface area contributed by atoms with Gasteiger partial charge in [-0.3, -0.25) is 14.5 Å². The zero-order valence-corrected chi connectivity index (χ0v) is 13.8. The minimum absolute atomic E-state index is 0.0784. The summed E-state index contributed by atoms with van der Waals surface area (Å²) < 4.78 is 4.95. The average Bonchev–Trinajstić information content (AvgIpc) is 3.27. The monoisotopic (exact) mass is 333 g/mol. The molecule has 0 saturated carbocycles. The van der Waals surface area contributed by atoms with Crippen LogP contribution in [0, 0.1) is 12.8 Å². The molecule has 6 nitrogen and oxygen atoms in total. The lowest BCUT2D eigenvalue weighted by Crippen LogP contribution is -2.35. The predicted octanol–water partition coefficient (Wildman–Crippen LogP) is 1.87. The fourth-order valence-corrected chi connectivity index (χ4v) is 3.54. The van der Waals surface area contributed by atoms with Crippen molar-refractivity contribution in [1.82, 2.24) is 15.2 Å². The van der Waals surface area contributed by atoms with Gasteiger partial charge in [0, 0.05) is 24.2 Å². The maximum absolute atomic E-state index is 11.8. The van der Waals surface area contributed by atoms with Crippen LogP contribution in [0.1, 0.15) is 27.7 Å². The molecule has 0 unspecified atom stereocenters. The smallest absolute Gasteiger partial charge is 0.295 e. The first-order valence-corrected chi connectivity index (χ1v) is 8.49. The van der Waals surface area contributed by atoms with Crippen LogP contribution < -0.4 is 5.32 Å². The van der Waals surface area contributed by atoms with Crippen molar-refractivity contribution in [3.63, 3.8) is 0 Å². The SMILES string of the molecule is Cc1csc(CN2CC[C@H](CNC(=O)C(=O)c3ccco3)C2)n1. The zero-order chi connectivity index (χ0) is 16.2. The molecule has 0 aliphatic carbocycles. The standard InChI is InChI=1S/C16H19N3O3S/c1-11-10-23-14(18-11)9-19-5-4-12(8-19)7-17-16(21)15(20)13-3-2-6-22-13/h2-3,6,10,12H,4-5,7-9H2,1H3,(H,17,21)/t12-/m1/s1. The summed E-state index contributed by atoms with van der Waals surface area (Å²) in [6, 6.07) is 3.09. The highest BCUT2D eigenvalue weighted by Gasteiger charge is 2.25. The van der Waals surface area contributed by atoms with Gasteiger partial charge in [-0.1, -0.05) is 0 Å². The molecule has 3 heterocycles. The number of carbonyl (C=O) groups is 2. The predicted molar refractivity (Wildman–Crippen MR) is 86.3 cm³/mol. The van der Waals surface area contributed by atoms with Gasteiger partial charge in [-0.05, 0) is 37.9 Å². The van der Waals surface area contributed by atoms with Gasteiger partial charge in [0.05, 0.1) is 12.8 Å². The Balaban J connectivity index is 1.43. The van der Waals surface area contributed by atoms with Crippen molar-refractivity contribution < 1.29 is 14.0 Å². The molecule has 1 aliphatic rings. The van der Waals surface area contributed by atoms with Gasteiger partial charge in [0.2, 0.25) is 0 Å². The molecule has 2 aromatic heterocycles. The highest BCUT2D eigenvalue weighted by atomic mass is 32.1. The van der Waals surface area contributed by atoms with Crippen molar-refractivity contribution >= 4 is 23.0 Å². The van der Waals surface area contributed by atoms with Crippen LogP contribution in [-0.4, -0.2) is 41.2 Å². The molecule has 1 saturated heterocycles. The second-order valence-electron chi connectivity index (χ2n) is 5.79. The first-order valence-electron chi connectivity index (χ1n) is 7.61. The summed E-state index contributed by atoms with van der Waals surface area (Å²) in [5.74, 6) is -0.781. The third-order valence-corrected chi connectivity index (χ3v) is 4.85. The van der Waals surface area contributed by atoms with E-state index in [1.54, 1.807) is 17.4 Å². The Morgan fingerprint density at radius 3 is 3.09 bits per heavy atom. The first-order chi connectivity index (χ1) is 11.1. The normalized spacial score (nSPS) is 18.2. The summed E-state index contributed by atoms with van der Waals surface area (Å²) in [4.78, 5) is 30.4. The number of aromatic nitrogens is 1. The van der Waals surface area contributed by atoms with Gasteiger partial charge >= 0.3 is 0 Å². The molecule has 1 aliphatic heterocycles. The summed E-state index contributed by atoms with van der Waals surface area (Å²) in [5, 5.41) is 5.90. The van der Waals surface area contributed by atoms with Crippen LogP contribution in [0.2, 0.25) is 0 Å². The number of likely N-dealkylation sites (tertiary alicyclic amines) is 1. The lowest BCUT2D eigenvalue weighted by molar-refractivity contribution is -0.117. The molecular weight excluding hydrogens is 314 g/mol. The number of rotatable bonds is 6. The molecule has 1 fully saturated rings. The van der Waals surface area contributed by atoms with Gasteiger partial charge < -0.3 is 9.73 Å². The van der Waals surface area contributed by atoms with Crippen molar-refractivity contribution in [3.05, 3.63) is 40.2 Å². The van der Waals surface area contributed by atoms with E-state index in [1.807, 2.05) is 6.92 Å². The van der Waals surface area contributed by atoms with E-state index in [1.165, 1.54) is 12.3 Å². The number of hydrogen-bond acceptors (Lipinski definition) is 6. The maximum atomic E-state index is 11.8. The number of aryl methyl sites for hydroxylation is 1. The van der Waals surface area contributed by atoms with Crippen LogP contribution in [0.3, 0.4) is 0 Å². The van der Waals surface area contributed by atoms with Gasteiger partial charge in [0.15, 0.2) is 5.76 Å². The Labute approximate surface area is 138 Å². The summed E-state index contributed by atoms with van der Waals surface area (Å²) in [5.41, 5.74) is 1.06. The fourth-order valence-electron chi connectivity index (χ4n) is 2.73. The quantitative estimate of drug-likeness (QED) is 0.645. The Hall–Kier alpha value is -1.99. The molecule has 0 aromatic carbocycles. The number of nitrogens with zero attached hydrogens (tertiary/aromatic N) is 2. The summed E-state index contributed by atoms with van der Waals surface area (Å²) in [6.07, 6.45) is 2.40. The second kappa shape index (κ2) is 7.06. The number of Topliss-reactive ketones (excluding diaryl/α,β-unsaturated/α-hetero) is 1. The molecular formula is C16H19N3O3S. The molecule has 7 heteroatoms. The van der Waals surface area contributed by atoms with E-state index in [2.05, 4.69) is 20.6 Å². The van der Waals surface area contributed by atoms with Crippen molar-refractivity contribution in [2.75, 3.05) is 19.6 Å². The van der Waals surface area contributed by atoms with E-state index < -0.39 is 11.7 Å². The Kier molecular flexibility index (Phi) is 4.88. The summed E-state index contributed by atoms with van der Waals surface area (Å²) >= 11 is 1.68. The van der Waals surface area contributed by atoms with E-state index >= 15 is 0 Å². The topological polar surface area (TPSA) is 75.4 Å². The number of ketones is 1. The molecule has 1 atom stereocenters. The summed E-state index contributed by atoms with van der Waals surface area (Å²) in [6.45, 7) is 5.27. The van der Waals surface area contributed by atoms with E-state index in [9.17, 15) is 9.59 Å². The van der Waals surface area contributed by atoms with Crippen LogP contribution in [0.5, 0.6) is 0 Å². The maximum Gasteiger partial charge on any atom is 0.295 e. The molecule has 0 bridgehead atoms. The number of nitrogens with one attached hydrogen (secondary N) is 1. The van der Waals surface area contributed by atoms with Gasteiger partial charge in [-0.25, -0.2) is 4.98 Å². The number of thiazole rings is 1. The Morgan fingerprint density at radius 1 is 1.52 bits per heavy atom. The van der Waals surface area contributed by atoms with Crippen LogP contribution in [0.4, 0.5) is 0 Å². The number of furan rings is 1. The molecule has 1 amide bonds. The number of hydrogen-bond donors (Lipinski definition) is 1. The second-order valence-corrected chi connectivity index (χ2v) is 6.73. The minimum atomic E-state index is -0.622. The first kappa shape index (κ1) is 15.9. The highest BCUT2D eigenvalue weighted by Crippen LogP contribution is 2.19. The number of carbonyl (C=O) groups excluding carboxylic acids is 2. The Morgan fingerprint density at radius 2 is 2.39 bits per heavy atom. The van der Waals surface area contributed by atoms with Crippen molar-refractivity contribution in [2.45, 2.75) is 19.9 Å². The average molecular weight is 333 g/mol. The van der Waals surface area contributed by atoms with Crippen LogP contribution >= 0.6 is 11.3 Å². The van der Waals surface area contributed by atoms with E-state index in [4.69, 9.17) is 4.42 Å². The largest absolute Gasteiger partial charge is 0.461 e. The fraction of sp³-hybridized carbons (Fsp3) is 0.438. The van der Waals surface area contributed by atoms with Crippen molar-refractivity contribution in [3.8, 4) is 0 Å². The van der Waals surface area contributed by atoms with Crippen molar-refractivity contribution in [1.29, 1.82) is 0 Å². The van der Waals surface area contributed by atoms with Gasteiger partial charge in [0.25, 0.3) is 11.7 Å². The molecule has 3 rings (SSSR count). The third kappa shape index (κ3) is 4.05. The van der Waals surface area contributed by atoms with Crippen LogP contribution in [0.25, 0.3) is 0 Å². The number of amides is 1. The third-order valence-electron chi connectivity index (χ3n) is 3.90. The zero-order valence-electron chi connectivity index (χ0n) is 12.9. The molecule has 0 radical (unpaired) electrons. The van der Waals surface area contributed by atoms with E-state index in [0.29, 0.717) is 12.5 Å². The lowest BCUT2D eigenvalue weighted by Gasteiger charge is -2.14. The van der Waals surface area contributed by atoms with E-state index in [0.717, 1.165) is 36.8 Å². The molecule has 23 heavy (non-hydrogen) atoms. The molecule has 0 spiro atoms. The van der Waals surface area contributed by atoms with Gasteiger partial charge in [-0.2, -0.15) is 0 Å². The van der Waals surface area contributed by atoms with Crippen LogP contribution in [0.15, 0.2) is 28.2 Å². The Bertz CT molecular complexity index is 681. The molecule has 122 valence electrons. The van der Waals surface area contributed by atoms with E-state index in [-0.39, 0.29) is 5.76 Å². The minimum Gasteiger partial charge on any atom is -0.461 e. The van der Waals surface area contributed by atoms with Crippen LogP contribution in [-0.2, 0) is 11.3 Å². The van der Waals surface area contributed by atoms with Gasteiger partial charge in [-0.15, -0.1) is 11.3 Å². The summed E-state index contributed by atoms with van der Waals surface area (Å²) in [7, 11) is 0.